The molecule has 0 spiro atoms. The smallest absolute Gasteiger partial charge is 0.280 e. The van der Waals surface area contributed by atoms with Gasteiger partial charge < -0.3 is 10.1 Å². The highest BCUT2D eigenvalue weighted by molar-refractivity contribution is 5.95. The fourth-order valence-corrected chi connectivity index (χ4v) is 3.28. The molecule has 0 radical (unpaired) electrons. The monoisotopic (exact) mass is 389 g/mol. The predicted molar refractivity (Wildman–Crippen MR) is 106 cm³/mol. The number of carbonyl (C=O) groups is 1. The summed E-state index contributed by atoms with van der Waals surface area (Å²) >= 11 is 0. The van der Waals surface area contributed by atoms with Crippen LogP contribution in [0.15, 0.2) is 47.5 Å². The van der Waals surface area contributed by atoms with Crippen LogP contribution in [0.5, 0.6) is 0 Å². The molecule has 1 aliphatic heterocycles. The summed E-state index contributed by atoms with van der Waals surface area (Å²) in [6.45, 7) is 2.98. The molecule has 2 N–H and O–H groups in total. The highest BCUT2D eigenvalue weighted by Gasteiger charge is 2.20. The number of nitrogens with one attached hydrogen (secondary N) is 2. The molecule has 146 valence electrons. The van der Waals surface area contributed by atoms with E-state index in [4.69, 9.17) is 10.00 Å². The van der Waals surface area contributed by atoms with Crippen molar-refractivity contribution in [2.24, 2.45) is 0 Å². The zero-order chi connectivity index (χ0) is 20.4. The largest absolute Gasteiger partial charge is 0.379 e. The Morgan fingerprint density at radius 1 is 1.38 bits per heavy atom. The summed E-state index contributed by atoms with van der Waals surface area (Å²) in [5, 5.41) is 14.8. The van der Waals surface area contributed by atoms with Gasteiger partial charge in [-0.2, -0.15) is 5.26 Å². The molecule has 1 saturated heterocycles. The Morgan fingerprint density at radius 3 is 2.83 bits per heavy atom. The first kappa shape index (κ1) is 18.7. The first-order chi connectivity index (χ1) is 14.1. The van der Waals surface area contributed by atoms with Crippen molar-refractivity contribution >= 4 is 5.91 Å². The molecular weight excluding hydrogens is 370 g/mol. The number of pyridine rings is 1. The van der Waals surface area contributed by atoms with Crippen molar-refractivity contribution < 1.29 is 9.53 Å². The van der Waals surface area contributed by atoms with Crippen molar-refractivity contribution in [2.75, 3.05) is 13.2 Å². The van der Waals surface area contributed by atoms with Crippen LogP contribution < -0.4 is 10.9 Å². The topological polar surface area (TPSA) is 113 Å². The average molecular weight is 389 g/mol. The van der Waals surface area contributed by atoms with E-state index in [0.717, 1.165) is 6.42 Å². The number of hydrogen-bond acceptors (Lipinski definition) is 5. The molecule has 0 saturated carbocycles. The maximum Gasteiger partial charge on any atom is 0.280 e. The second kappa shape index (κ2) is 7.73. The van der Waals surface area contributed by atoms with E-state index in [2.05, 4.69) is 21.5 Å². The number of amides is 1. The van der Waals surface area contributed by atoms with Crippen LogP contribution in [0.25, 0.3) is 16.9 Å². The lowest BCUT2D eigenvalue weighted by atomic mass is 10.1. The van der Waals surface area contributed by atoms with Crippen LogP contribution in [-0.4, -0.2) is 39.9 Å². The van der Waals surface area contributed by atoms with Crippen molar-refractivity contribution in [3.63, 3.8) is 0 Å². The van der Waals surface area contributed by atoms with E-state index in [0.29, 0.717) is 46.8 Å². The average Bonchev–Trinajstić information content (AvgIpc) is 3.37. The molecule has 3 heterocycles. The normalized spacial score (nSPS) is 15.8. The first-order valence-corrected chi connectivity index (χ1v) is 9.23. The van der Waals surface area contributed by atoms with Crippen LogP contribution in [0.4, 0.5) is 0 Å². The lowest BCUT2D eigenvalue weighted by Crippen LogP contribution is -2.35. The molecule has 0 aliphatic carbocycles. The standard InChI is InChI=1S/C21H19N5O3/c1-13-8-19(23-10-17(13)20(27)25-16-6-7-29-12-16)26-21(28)18(11-24-26)15-4-2-14(9-22)3-5-15/h2-5,8,10-11,16,24H,6-7,12H2,1H3,(H,25,27). The minimum absolute atomic E-state index is 0.0163. The number of aryl methyl sites for hydroxylation is 1. The third kappa shape index (κ3) is 3.68. The Hall–Kier alpha value is -3.70. The fraction of sp³-hybridized carbons (Fsp3) is 0.238. The molecule has 3 aromatic rings. The van der Waals surface area contributed by atoms with Gasteiger partial charge >= 0.3 is 0 Å². The number of hydrogen-bond donors (Lipinski definition) is 2. The molecule has 29 heavy (non-hydrogen) atoms. The quantitative estimate of drug-likeness (QED) is 0.708. The minimum atomic E-state index is -0.262. The number of benzene rings is 1. The number of rotatable bonds is 4. The zero-order valence-corrected chi connectivity index (χ0v) is 15.8. The van der Waals surface area contributed by atoms with Crippen molar-refractivity contribution in [2.45, 2.75) is 19.4 Å². The van der Waals surface area contributed by atoms with Gasteiger partial charge in [-0.1, -0.05) is 12.1 Å². The highest BCUT2D eigenvalue weighted by atomic mass is 16.5. The Balaban J connectivity index is 1.59. The summed E-state index contributed by atoms with van der Waals surface area (Å²) in [4.78, 5) is 29.6. The number of aromatic nitrogens is 3. The predicted octanol–water partition coefficient (Wildman–Crippen LogP) is 1.93. The lowest BCUT2D eigenvalue weighted by Gasteiger charge is -2.12. The summed E-state index contributed by atoms with van der Waals surface area (Å²) in [6, 6.07) is 10.5. The Morgan fingerprint density at radius 2 is 2.17 bits per heavy atom. The van der Waals surface area contributed by atoms with E-state index in [-0.39, 0.29) is 17.5 Å². The van der Waals surface area contributed by atoms with Crippen LogP contribution in [-0.2, 0) is 4.74 Å². The molecule has 4 rings (SSSR count). The third-order valence-electron chi connectivity index (χ3n) is 4.93. The number of H-pyrrole nitrogens is 1. The van der Waals surface area contributed by atoms with Gasteiger partial charge in [-0.15, -0.1) is 0 Å². The van der Waals surface area contributed by atoms with E-state index >= 15 is 0 Å². The van der Waals surface area contributed by atoms with Gasteiger partial charge in [0.05, 0.1) is 35.4 Å². The SMILES string of the molecule is Cc1cc(-n2[nH]cc(-c3ccc(C#N)cc3)c2=O)ncc1C(=O)NC1CCOC1. The lowest BCUT2D eigenvalue weighted by molar-refractivity contribution is 0.0929. The van der Waals surface area contributed by atoms with Crippen LogP contribution in [0.3, 0.4) is 0 Å². The summed E-state index contributed by atoms with van der Waals surface area (Å²) in [6.07, 6.45) is 3.87. The van der Waals surface area contributed by atoms with Crippen molar-refractivity contribution in [3.05, 3.63) is 69.8 Å². The van der Waals surface area contributed by atoms with Crippen LogP contribution in [0, 0.1) is 18.3 Å². The Labute approximate surface area is 166 Å². The van der Waals surface area contributed by atoms with Crippen molar-refractivity contribution in [1.29, 1.82) is 5.26 Å². The van der Waals surface area contributed by atoms with E-state index in [1.165, 1.54) is 10.9 Å². The maximum atomic E-state index is 12.8. The molecule has 1 atom stereocenters. The van der Waals surface area contributed by atoms with E-state index in [9.17, 15) is 9.59 Å². The zero-order valence-electron chi connectivity index (χ0n) is 15.8. The molecule has 1 amide bonds. The third-order valence-corrected chi connectivity index (χ3v) is 4.93. The van der Waals surface area contributed by atoms with Gasteiger partial charge in [0.1, 0.15) is 0 Å². The van der Waals surface area contributed by atoms with Gasteiger partial charge in [-0.25, -0.2) is 9.67 Å². The molecular formula is C21H19N5O3. The molecule has 8 nitrogen and oxygen atoms in total. The van der Waals surface area contributed by atoms with Gasteiger partial charge in [-0.05, 0) is 42.7 Å². The second-order valence-electron chi connectivity index (χ2n) is 6.91. The molecule has 8 heteroatoms. The number of ether oxygens (including phenoxy) is 1. The molecule has 2 aromatic heterocycles. The summed E-state index contributed by atoms with van der Waals surface area (Å²) in [5.41, 5.74) is 2.62. The first-order valence-electron chi connectivity index (χ1n) is 9.23. The molecule has 1 aromatic carbocycles. The van der Waals surface area contributed by atoms with E-state index < -0.39 is 0 Å². The van der Waals surface area contributed by atoms with Gasteiger partial charge in [0.2, 0.25) is 0 Å². The number of carbonyl (C=O) groups excluding carboxylic acids is 1. The minimum Gasteiger partial charge on any atom is -0.379 e. The number of aromatic amines is 1. The summed E-state index contributed by atoms with van der Waals surface area (Å²) in [5.74, 6) is 0.197. The van der Waals surface area contributed by atoms with E-state index in [1.807, 2.05) is 0 Å². The van der Waals surface area contributed by atoms with Gasteiger partial charge in [0, 0.05) is 19.0 Å². The van der Waals surface area contributed by atoms with Gasteiger partial charge in [-0.3, -0.25) is 14.7 Å². The van der Waals surface area contributed by atoms with Gasteiger partial charge in [0.25, 0.3) is 11.5 Å². The van der Waals surface area contributed by atoms with Crippen molar-refractivity contribution in [1.82, 2.24) is 20.1 Å². The maximum absolute atomic E-state index is 12.8. The molecule has 1 aliphatic rings. The molecule has 1 fully saturated rings. The molecule has 1 unspecified atom stereocenters. The Bertz CT molecular complexity index is 1150. The highest BCUT2D eigenvalue weighted by Crippen LogP contribution is 2.17. The van der Waals surface area contributed by atoms with E-state index in [1.54, 1.807) is 43.5 Å². The van der Waals surface area contributed by atoms with Crippen LogP contribution in [0.1, 0.15) is 27.9 Å². The number of nitrogens with zero attached hydrogens (tertiary/aromatic N) is 3. The van der Waals surface area contributed by atoms with Gasteiger partial charge in [0.15, 0.2) is 5.82 Å². The summed E-state index contributed by atoms with van der Waals surface area (Å²) in [7, 11) is 0. The van der Waals surface area contributed by atoms with Crippen LogP contribution >= 0.6 is 0 Å². The molecule has 0 bridgehead atoms. The fourth-order valence-electron chi connectivity index (χ4n) is 3.28. The van der Waals surface area contributed by atoms with Crippen molar-refractivity contribution in [3.8, 4) is 23.0 Å². The number of nitriles is 1. The Kier molecular flexibility index (Phi) is 4.97. The second-order valence-corrected chi connectivity index (χ2v) is 6.91. The summed E-state index contributed by atoms with van der Waals surface area (Å²) < 4.78 is 6.60. The van der Waals surface area contributed by atoms with Crippen LogP contribution in [0.2, 0.25) is 0 Å².